The van der Waals surface area contributed by atoms with Crippen LogP contribution in [0.4, 0.5) is 0 Å². The zero-order valence-electron chi connectivity index (χ0n) is 11.4. The number of halogens is 1. The van der Waals surface area contributed by atoms with Crippen LogP contribution in [0.1, 0.15) is 38.5 Å². The molecule has 2 aliphatic rings. The highest BCUT2D eigenvalue weighted by Crippen LogP contribution is 2.39. The van der Waals surface area contributed by atoms with Gasteiger partial charge in [-0.1, -0.05) is 11.6 Å². The van der Waals surface area contributed by atoms with Gasteiger partial charge in [-0.25, -0.2) is 0 Å². The summed E-state index contributed by atoms with van der Waals surface area (Å²) in [6.45, 7) is 0. The van der Waals surface area contributed by atoms with E-state index in [0.717, 1.165) is 24.3 Å². The molecule has 2 unspecified atom stereocenters. The fraction of sp³-hybridized carbons (Fsp3) is 0.562. The SMILES string of the molecule is N#CC1(NC2CC2)CCCC(Sc2ccc(Cl)cc2)C1. The molecular formula is C16H19ClN2S. The summed E-state index contributed by atoms with van der Waals surface area (Å²) >= 11 is 7.81. The summed E-state index contributed by atoms with van der Waals surface area (Å²) in [4.78, 5) is 1.25. The van der Waals surface area contributed by atoms with Gasteiger partial charge in [0.05, 0.1) is 6.07 Å². The van der Waals surface area contributed by atoms with Gasteiger partial charge in [0.25, 0.3) is 0 Å². The average Bonchev–Trinajstić information content (AvgIpc) is 3.26. The normalized spacial score (nSPS) is 29.9. The van der Waals surface area contributed by atoms with Crippen molar-refractivity contribution < 1.29 is 0 Å². The molecule has 3 rings (SSSR count). The molecule has 0 aromatic heterocycles. The van der Waals surface area contributed by atoms with Gasteiger partial charge >= 0.3 is 0 Å². The van der Waals surface area contributed by atoms with Crippen LogP contribution < -0.4 is 5.32 Å². The summed E-state index contributed by atoms with van der Waals surface area (Å²) in [6, 6.07) is 11.2. The minimum absolute atomic E-state index is 0.288. The van der Waals surface area contributed by atoms with Crippen molar-refractivity contribution in [3.63, 3.8) is 0 Å². The number of benzene rings is 1. The first-order valence-electron chi connectivity index (χ1n) is 7.30. The number of rotatable bonds is 4. The lowest BCUT2D eigenvalue weighted by molar-refractivity contribution is 0.301. The van der Waals surface area contributed by atoms with Gasteiger partial charge < -0.3 is 0 Å². The molecule has 1 N–H and O–H groups in total. The summed E-state index contributed by atoms with van der Waals surface area (Å²) in [5.41, 5.74) is -0.288. The highest BCUT2D eigenvalue weighted by atomic mass is 35.5. The Labute approximate surface area is 129 Å². The summed E-state index contributed by atoms with van der Waals surface area (Å²) in [7, 11) is 0. The summed E-state index contributed by atoms with van der Waals surface area (Å²) in [6.07, 6.45) is 6.75. The van der Waals surface area contributed by atoms with Crippen LogP contribution in [-0.4, -0.2) is 16.8 Å². The lowest BCUT2D eigenvalue weighted by Crippen LogP contribution is -2.49. The molecule has 106 valence electrons. The van der Waals surface area contributed by atoms with Crippen LogP contribution in [0, 0.1) is 11.3 Å². The van der Waals surface area contributed by atoms with Crippen molar-refractivity contribution >= 4 is 23.4 Å². The molecule has 4 heteroatoms. The molecule has 0 amide bonds. The molecule has 20 heavy (non-hydrogen) atoms. The van der Waals surface area contributed by atoms with E-state index in [1.807, 2.05) is 23.9 Å². The van der Waals surface area contributed by atoms with Gasteiger partial charge in [-0.2, -0.15) is 5.26 Å². The number of nitrogens with zero attached hydrogens (tertiary/aromatic N) is 1. The number of hydrogen-bond donors (Lipinski definition) is 1. The largest absolute Gasteiger partial charge is 0.297 e. The maximum Gasteiger partial charge on any atom is 0.108 e. The topological polar surface area (TPSA) is 35.8 Å². The van der Waals surface area contributed by atoms with E-state index in [1.165, 1.54) is 24.2 Å². The number of thioether (sulfide) groups is 1. The third-order valence-corrected chi connectivity index (χ3v) is 5.63. The summed E-state index contributed by atoms with van der Waals surface area (Å²) in [5.74, 6) is 0. The maximum absolute atomic E-state index is 9.60. The van der Waals surface area contributed by atoms with E-state index in [1.54, 1.807) is 0 Å². The van der Waals surface area contributed by atoms with E-state index in [4.69, 9.17) is 11.6 Å². The standard InChI is InChI=1S/C16H19ClN2S/c17-12-3-7-14(8-4-12)20-15-2-1-9-16(10-15,11-18)19-13-5-6-13/h3-4,7-8,13,15,19H,1-2,5-6,9-10H2. The number of nitrogens with one attached hydrogen (secondary N) is 1. The van der Waals surface area contributed by atoms with Gasteiger partial charge in [0, 0.05) is 21.2 Å². The second-order valence-electron chi connectivity index (χ2n) is 5.90. The Balaban J connectivity index is 1.64. The van der Waals surface area contributed by atoms with Crippen molar-refractivity contribution in [1.29, 1.82) is 5.26 Å². The molecule has 1 aromatic rings. The Morgan fingerprint density at radius 3 is 2.65 bits per heavy atom. The van der Waals surface area contributed by atoms with Gasteiger partial charge in [0.1, 0.15) is 5.54 Å². The molecule has 0 radical (unpaired) electrons. The molecule has 0 spiro atoms. The van der Waals surface area contributed by atoms with E-state index in [-0.39, 0.29) is 5.54 Å². The van der Waals surface area contributed by atoms with Gasteiger partial charge in [-0.15, -0.1) is 11.8 Å². The van der Waals surface area contributed by atoms with Crippen LogP contribution in [-0.2, 0) is 0 Å². The van der Waals surface area contributed by atoms with Crippen molar-refractivity contribution in [1.82, 2.24) is 5.32 Å². The minimum atomic E-state index is -0.288. The second kappa shape index (κ2) is 5.97. The average molecular weight is 307 g/mol. The molecule has 2 aliphatic carbocycles. The van der Waals surface area contributed by atoms with Crippen molar-refractivity contribution in [3.8, 4) is 6.07 Å². The predicted octanol–water partition coefficient (Wildman–Crippen LogP) is 4.39. The Morgan fingerprint density at radius 1 is 1.25 bits per heavy atom. The van der Waals surface area contributed by atoms with Gasteiger partial charge in [-0.3, -0.25) is 5.32 Å². The maximum atomic E-state index is 9.60. The lowest BCUT2D eigenvalue weighted by Gasteiger charge is -2.36. The third-order valence-electron chi connectivity index (χ3n) is 4.09. The Hall–Kier alpha value is -0.690. The second-order valence-corrected chi connectivity index (χ2v) is 7.71. The zero-order chi connectivity index (χ0) is 14.0. The smallest absolute Gasteiger partial charge is 0.108 e. The molecule has 0 bridgehead atoms. The monoisotopic (exact) mass is 306 g/mol. The first-order valence-corrected chi connectivity index (χ1v) is 8.56. The predicted molar refractivity (Wildman–Crippen MR) is 84.1 cm³/mol. The molecule has 2 atom stereocenters. The fourth-order valence-corrected chi connectivity index (χ4v) is 4.37. The highest BCUT2D eigenvalue weighted by Gasteiger charge is 2.40. The van der Waals surface area contributed by atoms with Crippen LogP contribution in [0.25, 0.3) is 0 Å². The highest BCUT2D eigenvalue weighted by molar-refractivity contribution is 8.00. The first-order chi connectivity index (χ1) is 9.69. The molecule has 2 saturated carbocycles. The van der Waals surface area contributed by atoms with Gasteiger partial charge in [-0.05, 0) is 62.8 Å². The molecule has 0 heterocycles. The van der Waals surface area contributed by atoms with E-state index >= 15 is 0 Å². The lowest BCUT2D eigenvalue weighted by atomic mass is 9.82. The minimum Gasteiger partial charge on any atom is -0.297 e. The van der Waals surface area contributed by atoms with Crippen molar-refractivity contribution in [2.45, 2.75) is 60.3 Å². The molecule has 0 saturated heterocycles. The molecule has 0 aliphatic heterocycles. The molecular weight excluding hydrogens is 288 g/mol. The Bertz CT molecular complexity index is 506. The van der Waals surface area contributed by atoms with E-state index in [0.29, 0.717) is 11.3 Å². The van der Waals surface area contributed by atoms with Gasteiger partial charge in [0.2, 0.25) is 0 Å². The van der Waals surface area contributed by atoms with E-state index in [9.17, 15) is 5.26 Å². The van der Waals surface area contributed by atoms with Crippen molar-refractivity contribution in [2.24, 2.45) is 0 Å². The number of hydrogen-bond acceptors (Lipinski definition) is 3. The first kappa shape index (κ1) is 14.3. The molecule has 2 fully saturated rings. The van der Waals surface area contributed by atoms with Gasteiger partial charge in [0.15, 0.2) is 0 Å². The van der Waals surface area contributed by atoms with Crippen LogP contribution >= 0.6 is 23.4 Å². The van der Waals surface area contributed by atoms with E-state index < -0.39 is 0 Å². The summed E-state index contributed by atoms with van der Waals surface area (Å²) < 4.78 is 0. The summed E-state index contributed by atoms with van der Waals surface area (Å²) in [5, 5.41) is 14.5. The zero-order valence-corrected chi connectivity index (χ0v) is 13.0. The number of nitriles is 1. The van der Waals surface area contributed by atoms with E-state index in [2.05, 4.69) is 23.5 Å². The Morgan fingerprint density at radius 2 is 2.00 bits per heavy atom. The van der Waals surface area contributed by atoms with Crippen LogP contribution in [0.15, 0.2) is 29.2 Å². The quantitative estimate of drug-likeness (QED) is 0.896. The Kier molecular flexibility index (Phi) is 4.26. The third kappa shape index (κ3) is 3.49. The van der Waals surface area contributed by atoms with Crippen LogP contribution in [0.3, 0.4) is 0 Å². The molecule has 2 nitrogen and oxygen atoms in total. The van der Waals surface area contributed by atoms with Crippen LogP contribution in [0.2, 0.25) is 5.02 Å². The fourth-order valence-electron chi connectivity index (χ4n) is 2.91. The molecule has 1 aromatic carbocycles. The van der Waals surface area contributed by atoms with Crippen LogP contribution in [0.5, 0.6) is 0 Å². The van der Waals surface area contributed by atoms with Crippen molar-refractivity contribution in [3.05, 3.63) is 29.3 Å². The van der Waals surface area contributed by atoms with Crippen molar-refractivity contribution in [2.75, 3.05) is 0 Å².